The van der Waals surface area contributed by atoms with Gasteiger partial charge < -0.3 is 0 Å². The summed E-state index contributed by atoms with van der Waals surface area (Å²) in [4.78, 5) is 14.9. The molecule has 74 valence electrons. The van der Waals surface area contributed by atoms with Gasteiger partial charge in [-0.25, -0.2) is 0 Å². The predicted octanol–water partition coefficient (Wildman–Crippen LogP) is 3.17. The second kappa shape index (κ2) is 4.53. The summed E-state index contributed by atoms with van der Waals surface area (Å²) in [6.07, 6.45) is 2.61. The number of hydrogen-bond donors (Lipinski definition) is 0. The van der Waals surface area contributed by atoms with E-state index in [9.17, 15) is 4.79 Å². The molecule has 2 rings (SSSR count). The Morgan fingerprint density at radius 3 is 2.67 bits per heavy atom. The van der Waals surface area contributed by atoms with Crippen LogP contribution in [0.2, 0.25) is 0 Å². The lowest BCUT2D eigenvalue weighted by Gasteiger charge is -2.03. The molecule has 0 spiro atoms. The number of halogens is 1. The van der Waals surface area contributed by atoms with E-state index in [2.05, 4.69) is 27.6 Å². The van der Waals surface area contributed by atoms with Crippen molar-refractivity contribution in [2.24, 2.45) is 0 Å². The van der Waals surface area contributed by atoms with Crippen molar-refractivity contribution in [3.63, 3.8) is 0 Å². The van der Waals surface area contributed by atoms with Crippen LogP contribution in [0.15, 0.2) is 42.6 Å². The average Bonchev–Trinajstić information content (AvgIpc) is 2.30. The summed E-state index contributed by atoms with van der Waals surface area (Å²) in [5.41, 5.74) is 2.68. The topological polar surface area (TPSA) is 30.0 Å². The van der Waals surface area contributed by atoms with Gasteiger partial charge in [-0.2, -0.15) is 0 Å². The van der Waals surface area contributed by atoms with Crippen LogP contribution < -0.4 is 0 Å². The van der Waals surface area contributed by atoms with Crippen LogP contribution in [-0.4, -0.2) is 11.3 Å². The number of aldehydes is 1. The van der Waals surface area contributed by atoms with Crippen molar-refractivity contribution in [3.05, 3.63) is 51.7 Å². The SMILES string of the molecule is O=Cc1ccc(-c2ccccn2)c(I)c1. The number of rotatable bonds is 2. The second-order valence-corrected chi connectivity index (χ2v) is 4.23. The van der Waals surface area contributed by atoms with E-state index < -0.39 is 0 Å². The fraction of sp³-hybridized carbons (Fsp3) is 0. The summed E-state index contributed by atoms with van der Waals surface area (Å²) in [6, 6.07) is 11.4. The molecule has 0 saturated heterocycles. The van der Waals surface area contributed by atoms with Crippen LogP contribution >= 0.6 is 22.6 Å². The molecule has 0 saturated carbocycles. The van der Waals surface area contributed by atoms with E-state index in [1.54, 1.807) is 12.3 Å². The Morgan fingerprint density at radius 2 is 2.07 bits per heavy atom. The van der Waals surface area contributed by atoms with Gasteiger partial charge in [0, 0.05) is 20.9 Å². The molecule has 1 heterocycles. The third-order valence-corrected chi connectivity index (χ3v) is 2.96. The zero-order valence-electron chi connectivity index (χ0n) is 7.85. The molecule has 0 radical (unpaired) electrons. The van der Waals surface area contributed by atoms with Crippen LogP contribution in [0.25, 0.3) is 11.3 Å². The molecule has 1 aromatic heterocycles. The summed E-state index contributed by atoms with van der Waals surface area (Å²) in [7, 11) is 0. The molecule has 1 aromatic carbocycles. The van der Waals surface area contributed by atoms with Crippen LogP contribution in [0.1, 0.15) is 10.4 Å². The third kappa shape index (κ3) is 2.23. The smallest absolute Gasteiger partial charge is 0.150 e. The molecule has 2 nitrogen and oxygen atoms in total. The Morgan fingerprint density at radius 1 is 1.20 bits per heavy atom. The molecule has 0 unspecified atom stereocenters. The first kappa shape index (κ1) is 10.3. The number of aromatic nitrogens is 1. The van der Waals surface area contributed by atoms with E-state index in [4.69, 9.17) is 0 Å². The van der Waals surface area contributed by atoms with E-state index in [0.29, 0.717) is 5.56 Å². The Labute approximate surface area is 101 Å². The Bertz CT molecular complexity index is 482. The molecule has 0 N–H and O–H groups in total. The Hall–Kier alpha value is -1.23. The quantitative estimate of drug-likeness (QED) is 0.630. The molecular formula is C12H8INO. The van der Waals surface area contributed by atoms with Gasteiger partial charge in [0.05, 0.1) is 5.69 Å². The molecule has 15 heavy (non-hydrogen) atoms. The van der Waals surface area contributed by atoms with Gasteiger partial charge >= 0.3 is 0 Å². The van der Waals surface area contributed by atoms with Crippen molar-refractivity contribution in [1.29, 1.82) is 0 Å². The molecule has 0 aliphatic rings. The highest BCUT2D eigenvalue weighted by molar-refractivity contribution is 14.1. The van der Waals surface area contributed by atoms with Gasteiger partial charge in [0.2, 0.25) is 0 Å². The second-order valence-electron chi connectivity index (χ2n) is 3.07. The first-order valence-electron chi connectivity index (χ1n) is 4.47. The van der Waals surface area contributed by atoms with Gasteiger partial charge in [0.15, 0.2) is 0 Å². The summed E-state index contributed by atoms with van der Waals surface area (Å²) < 4.78 is 1.04. The molecule has 0 amide bonds. The minimum atomic E-state index is 0.694. The van der Waals surface area contributed by atoms with Gasteiger partial charge in [-0.1, -0.05) is 18.2 Å². The van der Waals surface area contributed by atoms with Crippen LogP contribution in [0, 0.1) is 3.57 Å². The fourth-order valence-electron chi connectivity index (χ4n) is 1.33. The highest BCUT2D eigenvalue weighted by atomic mass is 127. The standard InChI is InChI=1S/C12H8INO/c13-11-7-9(8-15)4-5-10(11)12-3-1-2-6-14-12/h1-8H. The van der Waals surface area contributed by atoms with Crippen LogP contribution in [-0.2, 0) is 0 Å². The minimum absolute atomic E-state index is 0.694. The number of pyridine rings is 1. The highest BCUT2D eigenvalue weighted by Crippen LogP contribution is 2.23. The minimum Gasteiger partial charge on any atom is -0.298 e. The van der Waals surface area contributed by atoms with Gasteiger partial charge in [-0.3, -0.25) is 9.78 Å². The molecule has 0 aliphatic carbocycles. The van der Waals surface area contributed by atoms with Gasteiger partial charge in [-0.05, 0) is 40.8 Å². The van der Waals surface area contributed by atoms with Crippen molar-refractivity contribution in [3.8, 4) is 11.3 Å². The molecule has 0 fully saturated rings. The van der Waals surface area contributed by atoms with E-state index in [0.717, 1.165) is 21.1 Å². The lowest BCUT2D eigenvalue weighted by atomic mass is 10.1. The van der Waals surface area contributed by atoms with Crippen molar-refractivity contribution < 1.29 is 4.79 Å². The van der Waals surface area contributed by atoms with E-state index >= 15 is 0 Å². The fourth-order valence-corrected chi connectivity index (χ4v) is 2.15. The number of carbonyl (C=O) groups excluding carboxylic acids is 1. The van der Waals surface area contributed by atoms with E-state index in [1.165, 1.54) is 0 Å². The maximum atomic E-state index is 10.6. The van der Waals surface area contributed by atoms with Gasteiger partial charge in [0.25, 0.3) is 0 Å². The maximum Gasteiger partial charge on any atom is 0.150 e. The summed E-state index contributed by atoms with van der Waals surface area (Å²) >= 11 is 2.21. The lowest BCUT2D eigenvalue weighted by Crippen LogP contribution is -1.88. The van der Waals surface area contributed by atoms with Crippen molar-refractivity contribution in [2.45, 2.75) is 0 Å². The first-order chi connectivity index (χ1) is 7.31. The van der Waals surface area contributed by atoms with E-state index in [1.807, 2.05) is 30.3 Å². The maximum absolute atomic E-state index is 10.6. The zero-order valence-corrected chi connectivity index (χ0v) is 10.0. The number of carbonyl (C=O) groups is 1. The van der Waals surface area contributed by atoms with Gasteiger partial charge in [0.1, 0.15) is 6.29 Å². The van der Waals surface area contributed by atoms with E-state index in [-0.39, 0.29) is 0 Å². The highest BCUT2D eigenvalue weighted by Gasteiger charge is 2.04. The third-order valence-electron chi connectivity index (χ3n) is 2.07. The van der Waals surface area contributed by atoms with Crippen molar-refractivity contribution in [1.82, 2.24) is 4.98 Å². The van der Waals surface area contributed by atoms with Crippen LogP contribution in [0.5, 0.6) is 0 Å². The normalized spacial score (nSPS) is 9.93. The largest absolute Gasteiger partial charge is 0.298 e. The predicted molar refractivity (Wildman–Crippen MR) is 67.8 cm³/mol. The first-order valence-corrected chi connectivity index (χ1v) is 5.55. The monoisotopic (exact) mass is 309 g/mol. The molecule has 0 atom stereocenters. The molecule has 2 aromatic rings. The van der Waals surface area contributed by atoms with Crippen molar-refractivity contribution >= 4 is 28.9 Å². The van der Waals surface area contributed by atoms with Gasteiger partial charge in [-0.15, -0.1) is 0 Å². The number of hydrogen-bond acceptors (Lipinski definition) is 2. The molecular weight excluding hydrogens is 301 g/mol. The zero-order chi connectivity index (χ0) is 10.7. The summed E-state index contributed by atoms with van der Waals surface area (Å²) in [6.45, 7) is 0. The number of nitrogens with zero attached hydrogens (tertiary/aromatic N) is 1. The Kier molecular flexibility index (Phi) is 3.11. The molecule has 3 heteroatoms. The molecule has 0 bridgehead atoms. The van der Waals surface area contributed by atoms with Crippen LogP contribution in [0.3, 0.4) is 0 Å². The van der Waals surface area contributed by atoms with Crippen LogP contribution in [0.4, 0.5) is 0 Å². The van der Waals surface area contributed by atoms with Crippen molar-refractivity contribution in [2.75, 3.05) is 0 Å². The summed E-state index contributed by atoms with van der Waals surface area (Å²) in [5.74, 6) is 0. The Balaban J connectivity index is 2.51. The average molecular weight is 309 g/mol. The lowest BCUT2D eigenvalue weighted by molar-refractivity contribution is 0.112. The molecule has 0 aliphatic heterocycles. The summed E-state index contributed by atoms with van der Waals surface area (Å²) in [5, 5.41) is 0. The number of benzene rings is 1.